The van der Waals surface area contributed by atoms with Crippen LogP contribution in [0, 0.1) is 10.1 Å². The van der Waals surface area contributed by atoms with Gasteiger partial charge in [0.1, 0.15) is 0 Å². The molecule has 10 heteroatoms. The number of rotatable bonds is 4. The molecule has 0 radical (unpaired) electrons. The van der Waals surface area contributed by atoms with Gasteiger partial charge in [0.15, 0.2) is 0 Å². The number of carboxylic acid groups (broad SMARTS) is 1. The highest BCUT2D eigenvalue weighted by Crippen LogP contribution is 2.17. The van der Waals surface area contributed by atoms with Gasteiger partial charge in [-0.1, -0.05) is 0 Å². The van der Waals surface area contributed by atoms with Crippen molar-refractivity contribution in [3.8, 4) is 0 Å². The Balaban J connectivity index is 2.31. The molecule has 2 aromatic rings. The lowest BCUT2D eigenvalue weighted by atomic mass is 10.2. The van der Waals surface area contributed by atoms with Crippen molar-refractivity contribution in [2.24, 2.45) is 0 Å². The number of carbonyl (C=O) groups is 1. The Morgan fingerprint density at radius 2 is 2.39 bits per heavy atom. The summed E-state index contributed by atoms with van der Waals surface area (Å²) in [6, 6.07) is 1.45. The van der Waals surface area contributed by atoms with Crippen LogP contribution in [0.3, 0.4) is 0 Å². The number of nitrogens with zero attached hydrogens (tertiary/aromatic N) is 4. The van der Waals surface area contributed by atoms with Gasteiger partial charge in [0.2, 0.25) is 5.76 Å². The fourth-order valence-corrected chi connectivity index (χ4v) is 1.66. The molecule has 0 unspecified atom stereocenters. The van der Waals surface area contributed by atoms with Gasteiger partial charge >= 0.3 is 11.9 Å². The predicted molar refractivity (Wildman–Crippen MR) is 59.1 cm³/mol. The molecule has 0 amide bonds. The predicted octanol–water partition coefficient (Wildman–Crippen LogP) is 1.29. The van der Waals surface area contributed by atoms with Crippen LogP contribution >= 0.6 is 15.9 Å². The average Bonchev–Trinajstić information content (AvgIpc) is 2.87. The van der Waals surface area contributed by atoms with Crippen LogP contribution < -0.4 is 0 Å². The molecule has 0 saturated heterocycles. The van der Waals surface area contributed by atoms with Gasteiger partial charge < -0.3 is 19.6 Å². The second-order valence-electron chi connectivity index (χ2n) is 3.18. The molecule has 2 rings (SSSR count). The van der Waals surface area contributed by atoms with Crippen molar-refractivity contribution in [2.75, 3.05) is 0 Å². The topological polar surface area (TPSA) is 124 Å². The van der Waals surface area contributed by atoms with E-state index in [0.29, 0.717) is 5.56 Å². The molecule has 0 fully saturated rings. The first-order valence-corrected chi connectivity index (χ1v) is 5.32. The van der Waals surface area contributed by atoms with Gasteiger partial charge in [-0.3, -0.25) is 0 Å². The van der Waals surface area contributed by atoms with E-state index in [2.05, 4.69) is 26.0 Å². The molecule has 0 aromatic carbocycles. The number of halogens is 1. The molecule has 0 spiro atoms. The normalized spacial score (nSPS) is 10.5. The number of furan rings is 1. The zero-order valence-electron chi connectivity index (χ0n) is 8.61. The van der Waals surface area contributed by atoms with Crippen molar-refractivity contribution in [3.63, 3.8) is 0 Å². The summed E-state index contributed by atoms with van der Waals surface area (Å²) in [6.45, 7) is -0.000440. The highest BCUT2D eigenvalue weighted by molar-refractivity contribution is 9.10. The monoisotopic (exact) mass is 316 g/mol. The van der Waals surface area contributed by atoms with E-state index < -0.39 is 16.8 Å². The smallest absolute Gasteiger partial charge is 0.475 e. The fourth-order valence-electron chi connectivity index (χ4n) is 1.30. The lowest BCUT2D eigenvalue weighted by Crippen LogP contribution is -2.06. The number of hydrogen-bond acceptors (Lipinski definition) is 6. The Bertz CT molecular complexity index is 619. The van der Waals surface area contributed by atoms with Crippen molar-refractivity contribution < 1.29 is 19.2 Å². The Morgan fingerprint density at radius 1 is 1.67 bits per heavy atom. The summed E-state index contributed by atoms with van der Waals surface area (Å²) in [5, 5.41) is 22.9. The third kappa shape index (κ3) is 2.22. The lowest BCUT2D eigenvalue weighted by Gasteiger charge is -1.96. The summed E-state index contributed by atoms with van der Waals surface area (Å²) < 4.78 is 6.08. The summed E-state index contributed by atoms with van der Waals surface area (Å²) in [5.41, 5.74) is 0.336. The quantitative estimate of drug-likeness (QED) is 0.665. The number of aromatic carboxylic acids is 1. The Morgan fingerprint density at radius 3 is 2.94 bits per heavy atom. The molecule has 9 nitrogen and oxygen atoms in total. The molecular weight excluding hydrogens is 312 g/mol. The van der Waals surface area contributed by atoms with E-state index in [0.717, 1.165) is 4.68 Å². The molecule has 94 valence electrons. The maximum absolute atomic E-state index is 10.8. The zero-order chi connectivity index (χ0) is 13.3. The Labute approximate surface area is 107 Å². The van der Waals surface area contributed by atoms with Gasteiger partial charge in [0.25, 0.3) is 4.73 Å². The Kier molecular flexibility index (Phi) is 3.10. The molecule has 2 heterocycles. The minimum absolute atomic E-state index is 0.000440. The number of carboxylic acids is 1. The Hall–Kier alpha value is -2.23. The van der Waals surface area contributed by atoms with Crippen molar-refractivity contribution in [2.45, 2.75) is 6.54 Å². The molecule has 0 bridgehead atoms. The van der Waals surface area contributed by atoms with Crippen LogP contribution in [0.15, 0.2) is 21.5 Å². The summed E-state index contributed by atoms with van der Waals surface area (Å²) in [4.78, 5) is 24.1. The molecule has 18 heavy (non-hydrogen) atoms. The van der Waals surface area contributed by atoms with E-state index in [9.17, 15) is 14.9 Å². The summed E-state index contributed by atoms with van der Waals surface area (Å²) in [5.74, 6) is -2.02. The maximum atomic E-state index is 10.8. The van der Waals surface area contributed by atoms with Gasteiger partial charge in [0, 0.05) is 26.6 Å². The van der Waals surface area contributed by atoms with Crippen molar-refractivity contribution in [1.82, 2.24) is 14.8 Å². The van der Waals surface area contributed by atoms with Crippen LogP contribution in [0.2, 0.25) is 0 Å². The third-order valence-corrected chi connectivity index (χ3v) is 2.63. The number of hydrogen-bond donors (Lipinski definition) is 1. The van der Waals surface area contributed by atoms with Gasteiger partial charge in [-0.05, 0) is 16.0 Å². The van der Waals surface area contributed by atoms with Gasteiger partial charge in [-0.25, -0.2) is 4.79 Å². The van der Waals surface area contributed by atoms with E-state index in [1.165, 1.54) is 12.3 Å². The van der Waals surface area contributed by atoms with Crippen molar-refractivity contribution in [1.29, 1.82) is 0 Å². The van der Waals surface area contributed by atoms with E-state index in [1.54, 1.807) is 0 Å². The number of nitro groups is 1. The van der Waals surface area contributed by atoms with E-state index in [-0.39, 0.29) is 17.0 Å². The van der Waals surface area contributed by atoms with Gasteiger partial charge in [-0.2, -0.15) is 4.68 Å². The van der Waals surface area contributed by atoms with E-state index >= 15 is 0 Å². The first kappa shape index (κ1) is 12.2. The highest BCUT2D eigenvalue weighted by atomic mass is 79.9. The second kappa shape index (κ2) is 4.56. The highest BCUT2D eigenvalue weighted by Gasteiger charge is 2.22. The van der Waals surface area contributed by atoms with Crippen LogP contribution in [0.25, 0.3) is 0 Å². The number of aromatic nitrogens is 3. The van der Waals surface area contributed by atoms with Crippen molar-refractivity contribution in [3.05, 3.63) is 38.5 Å². The third-order valence-electron chi connectivity index (χ3n) is 2.04. The average molecular weight is 317 g/mol. The lowest BCUT2D eigenvalue weighted by molar-refractivity contribution is -0.394. The van der Waals surface area contributed by atoms with E-state index in [1.807, 2.05) is 0 Å². The molecular formula is C8H5BrN4O5. The molecule has 0 saturated carbocycles. The molecule has 1 N–H and O–H groups in total. The molecule has 0 atom stereocenters. The minimum atomic E-state index is -1.22. The van der Waals surface area contributed by atoms with Crippen LogP contribution in [-0.2, 0) is 6.54 Å². The van der Waals surface area contributed by atoms with Crippen LogP contribution in [0.4, 0.5) is 5.95 Å². The first-order valence-electron chi connectivity index (χ1n) is 4.53. The fraction of sp³-hybridized carbons (Fsp3) is 0.125. The summed E-state index contributed by atoms with van der Waals surface area (Å²) in [6.07, 6.45) is 1.22. The van der Waals surface area contributed by atoms with E-state index in [4.69, 9.17) is 9.52 Å². The molecule has 2 aromatic heterocycles. The van der Waals surface area contributed by atoms with Crippen LogP contribution in [0.1, 0.15) is 16.1 Å². The second-order valence-corrected chi connectivity index (χ2v) is 3.88. The SMILES string of the molecule is O=C(O)c1occc1Cn1nc([N+](=O)[O-])nc1Br. The summed E-state index contributed by atoms with van der Waals surface area (Å²) in [7, 11) is 0. The summed E-state index contributed by atoms with van der Waals surface area (Å²) >= 11 is 3.00. The van der Waals surface area contributed by atoms with Gasteiger partial charge in [0.05, 0.1) is 12.8 Å². The minimum Gasteiger partial charge on any atom is -0.475 e. The molecule has 0 aliphatic heterocycles. The largest absolute Gasteiger partial charge is 0.492 e. The molecule has 0 aliphatic carbocycles. The van der Waals surface area contributed by atoms with Crippen LogP contribution in [0.5, 0.6) is 0 Å². The maximum Gasteiger partial charge on any atom is 0.492 e. The first-order chi connectivity index (χ1) is 8.49. The zero-order valence-corrected chi connectivity index (χ0v) is 10.2. The standard InChI is InChI=1S/C8H5BrN4O5/c9-7-10-8(13(16)17)11-12(7)3-4-1-2-18-5(4)6(14)15/h1-2H,3H2,(H,14,15). The van der Waals surface area contributed by atoms with Crippen molar-refractivity contribution >= 4 is 27.8 Å². The van der Waals surface area contributed by atoms with Crippen LogP contribution in [-0.4, -0.2) is 30.8 Å². The molecule has 0 aliphatic rings. The van der Waals surface area contributed by atoms with Gasteiger partial charge in [-0.15, -0.1) is 0 Å².